The second-order valence-electron chi connectivity index (χ2n) is 5.42. The molecule has 0 aliphatic heterocycles. The number of nitrogens with zero attached hydrogens (tertiary/aromatic N) is 2. The zero-order valence-corrected chi connectivity index (χ0v) is 14.6. The van der Waals surface area contributed by atoms with Gasteiger partial charge in [-0.05, 0) is 11.1 Å². The van der Waals surface area contributed by atoms with Gasteiger partial charge in [-0.2, -0.15) is 8.75 Å². The molecule has 0 bridgehead atoms. The highest BCUT2D eigenvalue weighted by atomic mass is 32.1. The molecule has 0 saturated heterocycles. The zero-order valence-electron chi connectivity index (χ0n) is 13.8. The van der Waals surface area contributed by atoms with Crippen LogP contribution in [-0.4, -0.2) is 20.7 Å². The molecule has 8 heteroatoms. The number of anilines is 1. The third-order valence-corrected chi connectivity index (χ3v) is 4.06. The van der Waals surface area contributed by atoms with Crippen molar-refractivity contribution >= 4 is 29.5 Å². The van der Waals surface area contributed by atoms with Crippen LogP contribution in [0, 0.1) is 0 Å². The Balaban J connectivity index is 1.54. The Morgan fingerprint density at radius 3 is 2.00 bits per heavy atom. The Hall–Kier alpha value is -3.26. The molecule has 0 radical (unpaired) electrons. The maximum Gasteiger partial charge on any atom is 0.320 e. The van der Waals surface area contributed by atoms with E-state index < -0.39 is 6.03 Å². The fraction of sp³-hybridized carbons (Fsp3) is 0.111. The van der Waals surface area contributed by atoms with E-state index in [-0.39, 0.29) is 17.4 Å². The van der Waals surface area contributed by atoms with Crippen LogP contribution in [0.1, 0.15) is 21.6 Å². The molecule has 0 unspecified atom stereocenters. The summed E-state index contributed by atoms with van der Waals surface area (Å²) >= 11 is 0.869. The third kappa shape index (κ3) is 4.87. The van der Waals surface area contributed by atoms with Crippen LogP contribution in [0.3, 0.4) is 0 Å². The average molecular weight is 367 g/mol. The molecule has 132 valence electrons. The molecule has 0 spiro atoms. The fourth-order valence-corrected chi connectivity index (χ4v) is 2.72. The van der Waals surface area contributed by atoms with Crippen molar-refractivity contribution in [3.63, 3.8) is 0 Å². The van der Waals surface area contributed by atoms with Gasteiger partial charge in [0, 0.05) is 13.1 Å². The Morgan fingerprint density at radius 2 is 1.38 bits per heavy atom. The standard InChI is InChI=1S/C18H17N5O2S/c24-17(19-11-13-7-3-1-4-8-13)15-16(23-26-22-15)21-18(25)20-12-14-9-5-2-6-10-14/h1-10H,11-12H2,(H,19,24)(H2,20,21,23,25). The van der Waals surface area contributed by atoms with Crippen molar-refractivity contribution in [2.45, 2.75) is 13.1 Å². The summed E-state index contributed by atoms with van der Waals surface area (Å²) in [6.45, 7) is 0.747. The lowest BCUT2D eigenvalue weighted by Crippen LogP contribution is -2.30. The normalized spacial score (nSPS) is 10.2. The third-order valence-electron chi connectivity index (χ3n) is 3.53. The van der Waals surface area contributed by atoms with Crippen molar-refractivity contribution in [3.05, 3.63) is 77.5 Å². The first-order valence-electron chi connectivity index (χ1n) is 7.96. The van der Waals surface area contributed by atoms with Crippen LogP contribution >= 0.6 is 11.7 Å². The number of rotatable bonds is 6. The quantitative estimate of drug-likeness (QED) is 0.624. The Bertz CT molecular complexity index is 868. The SMILES string of the molecule is O=C(NCc1ccccc1)Nc1nsnc1C(=O)NCc1ccccc1. The van der Waals surface area contributed by atoms with Crippen molar-refractivity contribution in [2.24, 2.45) is 0 Å². The number of benzene rings is 2. The molecule has 3 rings (SSSR count). The molecule has 2 aromatic carbocycles. The minimum absolute atomic E-state index is 0.0980. The van der Waals surface area contributed by atoms with Crippen molar-refractivity contribution in [1.82, 2.24) is 19.4 Å². The molecule has 26 heavy (non-hydrogen) atoms. The van der Waals surface area contributed by atoms with E-state index in [9.17, 15) is 9.59 Å². The van der Waals surface area contributed by atoms with Gasteiger partial charge in [0.1, 0.15) is 0 Å². The van der Waals surface area contributed by atoms with E-state index in [1.54, 1.807) is 0 Å². The second kappa shape index (κ2) is 8.72. The number of nitrogens with one attached hydrogen (secondary N) is 3. The largest absolute Gasteiger partial charge is 0.346 e. The minimum Gasteiger partial charge on any atom is -0.346 e. The van der Waals surface area contributed by atoms with Gasteiger partial charge in [0.15, 0.2) is 11.5 Å². The van der Waals surface area contributed by atoms with Crippen LogP contribution in [0.5, 0.6) is 0 Å². The molecule has 0 aliphatic carbocycles. The number of hydrogen-bond donors (Lipinski definition) is 3. The van der Waals surface area contributed by atoms with Crippen molar-refractivity contribution in [2.75, 3.05) is 5.32 Å². The maximum atomic E-state index is 12.3. The summed E-state index contributed by atoms with van der Waals surface area (Å²) in [5.74, 6) is -0.243. The number of carbonyl (C=O) groups excluding carboxylic acids is 2. The van der Waals surface area contributed by atoms with E-state index in [0.717, 1.165) is 22.9 Å². The van der Waals surface area contributed by atoms with Gasteiger partial charge in [-0.1, -0.05) is 60.7 Å². The summed E-state index contributed by atoms with van der Waals surface area (Å²) in [4.78, 5) is 24.3. The summed E-state index contributed by atoms with van der Waals surface area (Å²) < 4.78 is 7.96. The highest BCUT2D eigenvalue weighted by molar-refractivity contribution is 6.99. The summed E-state index contributed by atoms with van der Waals surface area (Å²) in [5, 5.41) is 8.05. The highest BCUT2D eigenvalue weighted by Gasteiger charge is 2.18. The van der Waals surface area contributed by atoms with Crippen molar-refractivity contribution in [1.29, 1.82) is 0 Å². The fourth-order valence-electron chi connectivity index (χ4n) is 2.21. The van der Waals surface area contributed by atoms with E-state index in [4.69, 9.17) is 0 Å². The highest BCUT2D eigenvalue weighted by Crippen LogP contribution is 2.12. The monoisotopic (exact) mass is 367 g/mol. The van der Waals surface area contributed by atoms with Crippen LogP contribution in [0.4, 0.5) is 10.6 Å². The van der Waals surface area contributed by atoms with Crippen LogP contribution in [0.25, 0.3) is 0 Å². The molecule has 0 fully saturated rings. The van der Waals surface area contributed by atoms with Crippen LogP contribution < -0.4 is 16.0 Å². The summed E-state index contributed by atoms with van der Waals surface area (Å²) in [7, 11) is 0. The van der Waals surface area contributed by atoms with Gasteiger partial charge in [0.05, 0.1) is 11.7 Å². The zero-order chi connectivity index (χ0) is 18.2. The van der Waals surface area contributed by atoms with Gasteiger partial charge in [-0.15, -0.1) is 0 Å². The predicted octanol–water partition coefficient (Wildman–Crippen LogP) is 2.79. The maximum absolute atomic E-state index is 12.3. The number of amides is 3. The number of urea groups is 1. The van der Waals surface area contributed by atoms with Gasteiger partial charge >= 0.3 is 6.03 Å². The Labute approximate surface area is 154 Å². The lowest BCUT2D eigenvalue weighted by atomic mass is 10.2. The average Bonchev–Trinajstić information content (AvgIpc) is 3.14. The summed E-state index contributed by atoms with van der Waals surface area (Å²) in [5.41, 5.74) is 2.04. The van der Waals surface area contributed by atoms with Crippen LogP contribution in [-0.2, 0) is 13.1 Å². The predicted molar refractivity (Wildman–Crippen MR) is 99.8 cm³/mol. The van der Waals surface area contributed by atoms with E-state index in [1.165, 1.54) is 0 Å². The molecule has 3 amide bonds. The van der Waals surface area contributed by atoms with E-state index in [1.807, 2.05) is 60.7 Å². The lowest BCUT2D eigenvalue weighted by molar-refractivity contribution is 0.0948. The lowest BCUT2D eigenvalue weighted by Gasteiger charge is -2.07. The molecule has 7 nitrogen and oxygen atoms in total. The molecule has 0 atom stereocenters. The molecular formula is C18H17N5O2S. The van der Waals surface area contributed by atoms with Gasteiger partial charge in [-0.3, -0.25) is 10.1 Å². The topological polar surface area (TPSA) is 96.0 Å². The Kier molecular flexibility index (Phi) is 5.89. The van der Waals surface area contributed by atoms with Gasteiger partial charge in [0.25, 0.3) is 5.91 Å². The summed E-state index contributed by atoms with van der Waals surface area (Å²) in [6.07, 6.45) is 0. The first kappa shape index (κ1) is 17.6. The van der Waals surface area contributed by atoms with Gasteiger partial charge in [-0.25, -0.2) is 4.79 Å². The van der Waals surface area contributed by atoms with E-state index in [2.05, 4.69) is 24.7 Å². The van der Waals surface area contributed by atoms with Gasteiger partial charge < -0.3 is 10.6 Å². The van der Waals surface area contributed by atoms with Crippen LogP contribution in [0.15, 0.2) is 60.7 Å². The molecule has 0 saturated carbocycles. The number of carbonyl (C=O) groups is 2. The number of aromatic nitrogens is 2. The minimum atomic E-state index is -0.446. The smallest absolute Gasteiger partial charge is 0.320 e. The van der Waals surface area contributed by atoms with E-state index in [0.29, 0.717) is 13.1 Å². The molecule has 0 aliphatic rings. The number of hydrogen-bond acceptors (Lipinski definition) is 5. The molecule has 3 N–H and O–H groups in total. The molecule has 3 aromatic rings. The second-order valence-corrected chi connectivity index (χ2v) is 5.95. The van der Waals surface area contributed by atoms with E-state index >= 15 is 0 Å². The first-order chi connectivity index (χ1) is 12.7. The first-order valence-corrected chi connectivity index (χ1v) is 8.69. The van der Waals surface area contributed by atoms with Gasteiger partial charge in [0.2, 0.25) is 0 Å². The molecule has 1 aromatic heterocycles. The summed E-state index contributed by atoms with van der Waals surface area (Å²) in [6, 6.07) is 18.6. The van der Waals surface area contributed by atoms with Crippen molar-refractivity contribution < 1.29 is 9.59 Å². The van der Waals surface area contributed by atoms with Crippen molar-refractivity contribution in [3.8, 4) is 0 Å². The Morgan fingerprint density at radius 1 is 0.808 bits per heavy atom. The molecular weight excluding hydrogens is 350 g/mol. The van der Waals surface area contributed by atoms with Crippen LogP contribution in [0.2, 0.25) is 0 Å². The molecule has 1 heterocycles.